The minimum absolute atomic E-state index is 0.350. The van der Waals surface area contributed by atoms with Crippen LogP contribution in [0.2, 0.25) is 0 Å². The molecule has 0 nitrogen and oxygen atoms in total. The average Bonchev–Trinajstić information content (AvgIpc) is 2.09. The van der Waals surface area contributed by atoms with Gasteiger partial charge in [-0.15, -0.1) is 0 Å². The molecule has 1 atom stereocenters. The van der Waals surface area contributed by atoms with E-state index in [9.17, 15) is 0 Å². The van der Waals surface area contributed by atoms with Crippen molar-refractivity contribution in [1.82, 2.24) is 0 Å². The molecule has 1 rings (SSSR count). The van der Waals surface area contributed by atoms with Crippen LogP contribution in [-0.2, 0) is 58.1 Å². The van der Waals surface area contributed by atoms with Crippen molar-refractivity contribution in [3.63, 3.8) is 0 Å². The van der Waals surface area contributed by atoms with Crippen LogP contribution >= 0.6 is 0 Å². The van der Waals surface area contributed by atoms with Gasteiger partial charge in [-0.2, -0.15) is 0 Å². The Morgan fingerprint density at radius 2 is 1.69 bits per heavy atom. The maximum absolute atomic E-state index is 4.22. The molecule has 0 bridgehead atoms. The molecule has 1 fully saturated rings. The third-order valence-corrected chi connectivity index (χ3v) is 11.3. The fourth-order valence-electron chi connectivity index (χ4n) is 1.36. The second kappa shape index (κ2) is 4.12. The fourth-order valence-corrected chi connectivity index (χ4v) is 5.87. The topological polar surface area (TPSA) is 0 Å². The first-order valence-electron chi connectivity index (χ1n) is 4.12. The van der Waals surface area contributed by atoms with Crippen LogP contribution in [0.5, 0.6) is 0 Å². The first kappa shape index (κ1) is 12.5. The summed E-state index contributed by atoms with van der Waals surface area (Å²) in [6, 6.07) is 0. The molecule has 0 saturated heterocycles. The molecule has 1 saturated carbocycles. The molecule has 0 radical (unpaired) electrons. The summed E-state index contributed by atoms with van der Waals surface area (Å²) >= 11 is 4.81. The molecule has 70 valence electrons. The molecule has 13 heavy (non-hydrogen) atoms. The molecular formula is C10H12W3. The van der Waals surface area contributed by atoms with Crippen molar-refractivity contribution in [2.24, 2.45) is 11.3 Å². The zero-order valence-corrected chi connectivity index (χ0v) is 16.8. The predicted octanol–water partition coefficient (Wildman–Crippen LogP) is 1.38. The van der Waals surface area contributed by atoms with Gasteiger partial charge in [-0.1, -0.05) is 0 Å². The zero-order valence-electron chi connectivity index (χ0n) is 8.01. The number of rotatable bonds is 0. The number of hydrogen-bond acceptors (Lipinski definition) is 0. The van der Waals surface area contributed by atoms with Crippen LogP contribution in [0.3, 0.4) is 0 Å². The van der Waals surface area contributed by atoms with E-state index in [2.05, 4.69) is 27.4 Å². The average molecular weight is 684 g/mol. The van der Waals surface area contributed by atoms with Crippen LogP contribution in [0, 0.1) is 11.3 Å². The monoisotopic (exact) mass is 684 g/mol. The molecule has 0 aromatic heterocycles. The Balaban J connectivity index is 3.23. The summed E-state index contributed by atoms with van der Waals surface area (Å²) in [5.41, 5.74) is 1.70. The summed E-state index contributed by atoms with van der Waals surface area (Å²) in [7, 11) is 0. The Hall–Kier alpha value is 1.41. The second-order valence-electron chi connectivity index (χ2n) is 3.94. The normalized spacial score (nSPS) is 28.1. The van der Waals surface area contributed by atoms with E-state index in [0.717, 1.165) is 0 Å². The summed E-state index contributed by atoms with van der Waals surface area (Å²) in [6.45, 7) is 11.3. The van der Waals surface area contributed by atoms with Gasteiger partial charge in [0.2, 0.25) is 0 Å². The first-order valence-corrected chi connectivity index (χ1v) is 8.52. The summed E-state index contributed by atoms with van der Waals surface area (Å²) in [5.74, 6) is 0.716. The van der Waals surface area contributed by atoms with Gasteiger partial charge in [-0.05, 0) is 0 Å². The molecule has 0 aromatic rings. The molecule has 0 amide bonds. The van der Waals surface area contributed by atoms with Gasteiger partial charge >= 0.3 is 114 Å². The van der Waals surface area contributed by atoms with Gasteiger partial charge in [0.15, 0.2) is 0 Å². The van der Waals surface area contributed by atoms with Crippen LogP contribution in [0.15, 0.2) is 12.2 Å². The summed E-state index contributed by atoms with van der Waals surface area (Å²) in [6.07, 6.45) is 0. The van der Waals surface area contributed by atoms with E-state index in [1.54, 1.807) is 65.9 Å². The van der Waals surface area contributed by atoms with E-state index in [1.807, 2.05) is 0 Å². The number of allylic oxidation sites excluding steroid dienone is 1. The summed E-state index contributed by atoms with van der Waals surface area (Å²) < 4.78 is 4.73. The van der Waals surface area contributed by atoms with Crippen molar-refractivity contribution in [2.45, 2.75) is 20.8 Å². The van der Waals surface area contributed by atoms with E-state index >= 15 is 0 Å². The van der Waals surface area contributed by atoms with Gasteiger partial charge in [0.1, 0.15) is 0 Å². The van der Waals surface area contributed by atoms with Gasteiger partial charge < -0.3 is 0 Å². The quantitative estimate of drug-likeness (QED) is 0.363. The zero-order chi connectivity index (χ0) is 10.4. The van der Waals surface area contributed by atoms with Crippen LogP contribution in [-0.4, -0.2) is 11.7 Å². The van der Waals surface area contributed by atoms with E-state index in [4.69, 9.17) is 0 Å². The molecule has 0 aliphatic heterocycles. The Morgan fingerprint density at radius 1 is 1.23 bits per heavy atom. The van der Waals surface area contributed by atoms with Gasteiger partial charge in [0, 0.05) is 0 Å². The summed E-state index contributed by atoms with van der Waals surface area (Å²) in [4.78, 5) is 0. The molecule has 3 heteroatoms. The summed E-state index contributed by atoms with van der Waals surface area (Å²) in [5, 5.41) is 0. The van der Waals surface area contributed by atoms with Crippen molar-refractivity contribution >= 4 is 11.7 Å². The number of hydrogen-bond donors (Lipinski definition) is 0. The third-order valence-electron chi connectivity index (χ3n) is 2.83. The van der Waals surface area contributed by atoms with Crippen molar-refractivity contribution in [2.75, 3.05) is 0 Å². The van der Waals surface area contributed by atoms with Crippen LogP contribution in [0.4, 0.5) is 0 Å². The molecule has 1 unspecified atom stereocenters. The Morgan fingerprint density at radius 3 is 2.15 bits per heavy atom. The van der Waals surface area contributed by atoms with Crippen LogP contribution < -0.4 is 0 Å². The Bertz CT molecular complexity index is 323. The SMILES string of the molecule is C=C1[C](=[W])[C](=[W])C(C)C(C)(C)[C]1=[W]. The molecule has 1 aliphatic carbocycles. The predicted molar refractivity (Wildman–Crippen MR) is 47.1 cm³/mol. The van der Waals surface area contributed by atoms with Gasteiger partial charge in [0.25, 0.3) is 0 Å². The maximum atomic E-state index is 4.22. The molecule has 1 aliphatic rings. The van der Waals surface area contributed by atoms with Crippen LogP contribution in [0.1, 0.15) is 20.8 Å². The van der Waals surface area contributed by atoms with Crippen molar-refractivity contribution in [3.05, 3.63) is 12.2 Å². The van der Waals surface area contributed by atoms with Gasteiger partial charge in [-0.25, -0.2) is 0 Å². The van der Waals surface area contributed by atoms with Crippen molar-refractivity contribution in [3.8, 4) is 0 Å². The van der Waals surface area contributed by atoms with Gasteiger partial charge in [0.05, 0.1) is 0 Å². The van der Waals surface area contributed by atoms with E-state index < -0.39 is 0 Å². The molecule has 0 heterocycles. The first-order chi connectivity index (χ1) is 5.80. The van der Waals surface area contributed by atoms with Crippen LogP contribution in [0.25, 0.3) is 0 Å². The Kier molecular flexibility index (Phi) is 3.95. The van der Waals surface area contributed by atoms with Crippen molar-refractivity contribution < 1.29 is 58.1 Å². The standard InChI is InChI=1S/C10H12.3W/c1-8-5-6-9(2)10(3,4)7-8;;;/h9H,1H2,2-4H3;;;. The Labute approximate surface area is 113 Å². The van der Waals surface area contributed by atoms with Gasteiger partial charge in [-0.3, -0.25) is 0 Å². The van der Waals surface area contributed by atoms with E-state index in [1.165, 1.54) is 9.47 Å². The van der Waals surface area contributed by atoms with E-state index in [-0.39, 0.29) is 0 Å². The molecule has 0 spiro atoms. The third kappa shape index (κ3) is 2.02. The second-order valence-corrected chi connectivity index (χ2v) is 8.46. The fraction of sp³-hybridized carbons (Fsp3) is 0.500. The molecular weight excluding hydrogens is 672 g/mol. The molecule has 0 N–H and O–H groups in total. The van der Waals surface area contributed by atoms with Crippen molar-refractivity contribution in [1.29, 1.82) is 0 Å². The minimum atomic E-state index is 0.350. The molecule has 0 aromatic carbocycles. The van der Waals surface area contributed by atoms with E-state index in [0.29, 0.717) is 11.3 Å².